The highest BCUT2D eigenvalue weighted by Gasteiger charge is 2.25. The van der Waals surface area contributed by atoms with Crippen molar-refractivity contribution >= 4 is 45.0 Å². The summed E-state index contributed by atoms with van der Waals surface area (Å²) in [5.74, 6) is 0.245. The first kappa shape index (κ1) is 11.0. The Morgan fingerprint density at radius 3 is 2.93 bits per heavy atom. The molecule has 0 fully saturated rings. The number of nitrogens with zero attached hydrogens (tertiary/aromatic N) is 2. The van der Waals surface area contributed by atoms with Crippen LogP contribution in [0.3, 0.4) is 0 Å². The van der Waals surface area contributed by atoms with Crippen molar-refractivity contribution in [2.24, 2.45) is 5.16 Å². The van der Waals surface area contributed by atoms with E-state index in [0.717, 1.165) is 0 Å². The molecule has 1 N–H and O–H groups in total. The molecule has 2 heterocycles. The van der Waals surface area contributed by atoms with Gasteiger partial charge in [-0.25, -0.2) is 0 Å². The van der Waals surface area contributed by atoms with E-state index >= 15 is 0 Å². The van der Waals surface area contributed by atoms with Crippen LogP contribution in [0.15, 0.2) is 5.16 Å². The minimum Gasteiger partial charge on any atom is -0.467 e. The molecule has 0 saturated carbocycles. The average Bonchev–Trinajstić information content (AvgIpc) is 2.59. The molecule has 0 spiro atoms. The van der Waals surface area contributed by atoms with E-state index in [0.29, 0.717) is 17.5 Å². The Morgan fingerprint density at radius 2 is 2.33 bits per heavy atom. The van der Waals surface area contributed by atoms with Crippen LogP contribution in [0.5, 0.6) is 0 Å². The van der Waals surface area contributed by atoms with Gasteiger partial charge in [0, 0.05) is 5.33 Å². The van der Waals surface area contributed by atoms with Gasteiger partial charge in [0.15, 0.2) is 11.8 Å². The summed E-state index contributed by atoms with van der Waals surface area (Å²) in [5.41, 5.74) is 0.420. The van der Waals surface area contributed by atoms with Crippen LogP contribution in [0.2, 0.25) is 10.3 Å². The van der Waals surface area contributed by atoms with E-state index in [1.165, 1.54) is 0 Å². The van der Waals surface area contributed by atoms with E-state index in [2.05, 4.69) is 31.3 Å². The van der Waals surface area contributed by atoms with E-state index in [4.69, 9.17) is 32.8 Å². The van der Waals surface area contributed by atoms with Gasteiger partial charge < -0.3 is 9.57 Å². The summed E-state index contributed by atoms with van der Waals surface area (Å²) >= 11 is 14.9. The molecule has 0 saturated heterocycles. The molecule has 0 aromatic carbocycles. The number of halogens is 3. The van der Waals surface area contributed by atoms with Gasteiger partial charge in [-0.3, -0.25) is 5.10 Å². The van der Waals surface area contributed by atoms with Crippen molar-refractivity contribution < 1.29 is 9.57 Å². The first-order chi connectivity index (χ1) is 7.22. The SMILES string of the molecule is Clc1n[nH]c(Cl)c1C1=NOCC(CBr)O1. The molecule has 1 aliphatic heterocycles. The minimum atomic E-state index is -0.112. The van der Waals surface area contributed by atoms with Gasteiger partial charge in [-0.2, -0.15) is 5.10 Å². The number of alkyl halides is 1. The molecule has 1 aromatic heterocycles. The Hall–Kier alpha value is -0.460. The number of aromatic nitrogens is 2. The summed E-state index contributed by atoms with van der Waals surface area (Å²) in [7, 11) is 0. The summed E-state index contributed by atoms with van der Waals surface area (Å²) in [6.07, 6.45) is -0.112. The van der Waals surface area contributed by atoms with Gasteiger partial charge in [-0.15, -0.1) is 0 Å². The molecule has 0 aliphatic carbocycles. The first-order valence-electron chi connectivity index (χ1n) is 4.04. The van der Waals surface area contributed by atoms with Gasteiger partial charge >= 0.3 is 0 Å². The molecular weight excluding hydrogens is 309 g/mol. The van der Waals surface area contributed by atoms with Crippen molar-refractivity contribution in [1.29, 1.82) is 0 Å². The van der Waals surface area contributed by atoms with Crippen LogP contribution < -0.4 is 0 Å². The summed E-state index contributed by atoms with van der Waals surface area (Å²) in [5, 5.41) is 11.1. The fourth-order valence-electron chi connectivity index (χ4n) is 1.06. The van der Waals surface area contributed by atoms with Crippen LogP contribution in [0, 0.1) is 0 Å². The van der Waals surface area contributed by atoms with Gasteiger partial charge in [0.25, 0.3) is 5.90 Å². The Morgan fingerprint density at radius 1 is 1.53 bits per heavy atom. The molecule has 1 atom stereocenters. The van der Waals surface area contributed by atoms with Gasteiger partial charge in [0.1, 0.15) is 16.8 Å². The third-order valence-corrected chi connectivity index (χ3v) is 3.02. The first-order valence-corrected chi connectivity index (χ1v) is 5.92. The Labute approximate surface area is 104 Å². The molecule has 8 heteroatoms. The summed E-state index contributed by atoms with van der Waals surface area (Å²) in [6.45, 7) is 0.391. The number of H-pyrrole nitrogens is 1. The zero-order valence-electron chi connectivity index (χ0n) is 7.34. The zero-order valence-corrected chi connectivity index (χ0v) is 10.4. The number of hydrogen-bond acceptors (Lipinski definition) is 4. The molecule has 0 amide bonds. The normalized spacial score (nSPS) is 20.5. The van der Waals surface area contributed by atoms with Crippen molar-refractivity contribution in [3.8, 4) is 0 Å². The van der Waals surface area contributed by atoms with Crippen molar-refractivity contribution in [2.45, 2.75) is 6.10 Å². The predicted molar refractivity (Wildman–Crippen MR) is 59.8 cm³/mol. The second-order valence-corrected chi connectivity index (χ2v) is 4.17. The van der Waals surface area contributed by atoms with E-state index in [-0.39, 0.29) is 22.3 Å². The summed E-state index contributed by atoms with van der Waals surface area (Å²) < 4.78 is 5.49. The molecule has 1 unspecified atom stereocenters. The highest BCUT2D eigenvalue weighted by Crippen LogP contribution is 2.24. The third kappa shape index (κ3) is 2.21. The van der Waals surface area contributed by atoms with Crippen molar-refractivity contribution in [2.75, 3.05) is 11.9 Å². The number of nitrogens with one attached hydrogen (secondary N) is 1. The fourth-order valence-corrected chi connectivity index (χ4v) is 1.85. The number of aromatic amines is 1. The number of hydrogen-bond donors (Lipinski definition) is 1. The minimum absolute atomic E-state index is 0.112. The van der Waals surface area contributed by atoms with Crippen LogP contribution in [0.1, 0.15) is 5.56 Å². The van der Waals surface area contributed by atoms with Gasteiger partial charge in [-0.05, 0) is 5.16 Å². The van der Waals surface area contributed by atoms with Crippen molar-refractivity contribution in [3.05, 3.63) is 15.9 Å². The third-order valence-electron chi connectivity index (χ3n) is 1.75. The summed E-state index contributed by atoms with van der Waals surface area (Å²) in [6, 6.07) is 0. The van der Waals surface area contributed by atoms with E-state index in [1.807, 2.05) is 0 Å². The molecule has 1 aliphatic rings. The smallest absolute Gasteiger partial charge is 0.264 e. The van der Waals surface area contributed by atoms with Gasteiger partial charge in [0.05, 0.1) is 0 Å². The molecule has 2 rings (SSSR count). The van der Waals surface area contributed by atoms with E-state index < -0.39 is 0 Å². The topological polar surface area (TPSA) is 59.5 Å². The second kappa shape index (κ2) is 4.59. The lowest BCUT2D eigenvalue weighted by Gasteiger charge is -2.20. The Kier molecular flexibility index (Phi) is 3.38. The lowest BCUT2D eigenvalue weighted by Crippen LogP contribution is -2.29. The quantitative estimate of drug-likeness (QED) is 0.851. The predicted octanol–water partition coefficient (Wildman–Crippen LogP) is 2.19. The maximum Gasteiger partial charge on any atom is 0.264 e. The Balaban J connectivity index is 2.28. The zero-order chi connectivity index (χ0) is 10.8. The van der Waals surface area contributed by atoms with E-state index in [1.54, 1.807) is 0 Å². The molecule has 1 aromatic rings. The maximum absolute atomic E-state index is 5.84. The van der Waals surface area contributed by atoms with Crippen LogP contribution >= 0.6 is 39.1 Å². The maximum atomic E-state index is 5.84. The van der Waals surface area contributed by atoms with Crippen LogP contribution in [-0.4, -0.2) is 34.1 Å². The fraction of sp³-hybridized carbons (Fsp3) is 0.429. The number of ether oxygens (including phenoxy) is 1. The number of oxime groups is 1. The van der Waals surface area contributed by atoms with Gasteiger partial charge in [0.2, 0.25) is 0 Å². The largest absolute Gasteiger partial charge is 0.467 e. The summed E-state index contributed by atoms with van der Waals surface area (Å²) in [4.78, 5) is 4.99. The monoisotopic (exact) mass is 313 g/mol. The number of rotatable bonds is 2. The average molecular weight is 315 g/mol. The Bertz CT molecular complexity index is 376. The lowest BCUT2D eigenvalue weighted by molar-refractivity contribution is 0.0224. The molecule has 15 heavy (non-hydrogen) atoms. The lowest BCUT2D eigenvalue weighted by atomic mass is 10.3. The van der Waals surface area contributed by atoms with Gasteiger partial charge in [-0.1, -0.05) is 39.1 Å². The second-order valence-electron chi connectivity index (χ2n) is 2.79. The van der Waals surface area contributed by atoms with Crippen molar-refractivity contribution in [3.63, 3.8) is 0 Å². The van der Waals surface area contributed by atoms with Crippen LogP contribution in [0.25, 0.3) is 0 Å². The van der Waals surface area contributed by atoms with E-state index in [9.17, 15) is 0 Å². The standard InChI is InChI=1S/C7H6BrCl2N3O2/c8-1-3-2-14-13-7(15-3)4-5(9)11-12-6(4)10/h3H,1-2H2,(H,11,12). The molecule has 0 bridgehead atoms. The van der Waals surface area contributed by atoms with Crippen molar-refractivity contribution in [1.82, 2.24) is 10.2 Å². The molecule has 5 nitrogen and oxygen atoms in total. The molecule has 82 valence electrons. The highest BCUT2D eigenvalue weighted by atomic mass is 79.9. The van der Waals surface area contributed by atoms with Crippen LogP contribution in [0.4, 0.5) is 0 Å². The molecule has 0 radical (unpaired) electrons. The molecular formula is C7H6BrCl2N3O2. The highest BCUT2D eigenvalue weighted by molar-refractivity contribution is 9.09. The van der Waals surface area contributed by atoms with Crippen LogP contribution in [-0.2, 0) is 9.57 Å².